The van der Waals surface area contributed by atoms with Crippen molar-refractivity contribution in [3.8, 4) is 0 Å². The van der Waals surface area contributed by atoms with Gasteiger partial charge in [0.05, 0.1) is 54.8 Å². The standard InChI is InChI=1S/C39H67N5O7/c1-13-25(6)34(43(10)39(49)33(24(4)5)42-38(48)32(40-9)23(2)3)30(50-11)22-31(45)44-21-17-20-29(44)36(51-12)26(7)37(47)41-27(8)35(46)28-18-15-14-16-19-28/h14-16,18-19,23-27,29-30,32-36,40,46H,13,17,20-22H2,1-12H3,(H,41,47)(H,42,48)/t25-,26+,27+,29?,30?,32?,33-,34-,35+,36+/m0/s1. The number of likely N-dealkylation sites (N-methyl/N-ethyl adjacent to an activating group) is 2. The molecule has 1 fully saturated rings. The van der Waals surface area contributed by atoms with Gasteiger partial charge in [0.15, 0.2) is 0 Å². The number of hydrogen-bond acceptors (Lipinski definition) is 8. The van der Waals surface area contributed by atoms with E-state index in [2.05, 4.69) is 16.0 Å². The molecule has 1 heterocycles. The lowest BCUT2D eigenvalue weighted by molar-refractivity contribution is -0.148. The van der Waals surface area contributed by atoms with Gasteiger partial charge in [-0.3, -0.25) is 19.2 Å². The first-order valence-electron chi connectivity index (χ1n) is 18.7. The molecule has 1 aliphatic heterocycles. The molecule has 10 atom stereocenters. The van der Waals surface area contributed by atoms with Gasteiger partial charge in [0.1, 0.15) is 6.04 Å². The number of ether oxygens (including phenoxy) is 2. The molecule has 1 aliphatic rings. The second-order valence-corrected chi connectivity index (χ2v) is 15.0. The van der Waals surface area contributed by atoms with Gasteiger partial charge in [-0.1, -0.05) is 85.2 Å². The number of carbonyl (C=O) groups excluding carboxylic acids is 4. The number of benzene rings is 1. The third-order valence-electron chi connectivity index (χ3n) is 10.7. The fraction of sp³-hybridized carbons (Fsp3) is 0.744. The summed E-state index contributed by atoms with van der Waals surface area (Å²) >= 11 is 0. The molecule has 2 rings (SSSR count). The molecule has 4 amide bonds. The van der Waals surface area contributed by atoms with Crippen molar-refractivity contribution in [2.24, 2.45) is 23.7 Å². The summed E-state index contributed by atoms with van der Waals surface area (Å²) in [5.41, 5.74) is 0.711. The Morgan fingerprint density at radius 3 is 2.04 bits per heavy atom. The van der Waals surface area contributed by atoms with Gasteiger partial charge in [-0.25, -0.2) is 0 Å². The van der Waals surface area contributed by atoms with Gasteiger partial charge < -0.3 is 40.3 Å². The molecule has 0 aliphatic carbocycles. The van der Waals surface area contributed by atoms with Crippen LogP contribution in [0.25, 0.3) is 0 Å². The van der Waals surface area contributed by atoms with Gasteiger partial charge in [0.2, 0.25) is 23.6 Å². The number of methoxy groups -OCH3 is 2. The Kier molecular flexibility index (Phi) is 18.0. The van der Waals surface area contributed by atoms with Crippen LogP contribution >= 0.6 is 0 Å². The number of amides is 4. The summed E-state index contributed by atoms with van der Waals surface area (Å²) in [4.78, 5) is 58.3. The Balaban J connectivity index is 2.24. The summed E-state index contributed by atoms with van der Waals surface area (Å²) in [6, 6.07) is 6.67. The molecule has 4 N–H and O–H groups in total. The third-order valence-corrected chi connectivity index (χ3v) is 10.7. The van der Waals surface area contributed by atoms with Crippen LogP contribution in [0.15, 0.2) is 30.3 Å². The number of likely N-dealkylation sites (tertiary alicyclic amines) is 1. The molecule has 3 unspecified atom stereocenters. The molecule has 0 aromatic heterocycles. The molecule has 1 saturated heterocycles. The summed E-state index contributed by atoms with van der Waals surface area (Å²) in [6.07, 6.45) is 0.147. The predicted molar refractivity (Wildman–Crippen MR) is 200 cm³/mol. The molecule has 51 heavy (non-hydrogen) atoms. The quantitative estimate of drug-likeness (QED) is 0.160. The third kappa shape index (κ3) is 11.5. The van der Waals surface area contributed by atoms with Crippen molar-refractivity contribution in [2.45, 2.75) is 130 Å². The first kappa shape index (κ1) is 44.1. The summed E-state index contributed by atoms with van der Waals surface area (Å²) in [5, 5.41) is 19.8. The van der Waals surface area contributed by atoms with Crippen LogP contribution in [0.5, 0.6) is 0 Å². The van der Waals surface area contributed by atoms with E-state index < -0.39 is 48.4 Å². The Bertz CT molecular complexity index is 1250. The normalized spacial score (nSPS) is 20.1. The topological polar surface area (TPSA) is 150 Å². The summed E-state index contributed by atoms with van der Waals surface area (Å²) < 4.78 is 11.9. The van der Waals surface area contributed by atoms with Gasteiger partial charge >= 0.3 is 0 Å². The molecule has 0 saturated carbocycles. The van der Waals surface area contributed by atoms with Gasteiger partial charge in [-0.05, 0) is 50.1 Å². The lowest BCUT2D eigenvalue weighted by Gasteiger charge is -2.41. The first-order valence-corrected chi connectivity index (χ1v) is 18.7. The monoisotopic (exact) mass is 718 g/mol. The highest BCUT2D eigenvalue weighted by atomic mass is 16.5. The van der Waals surface area contributed by atoms with E-state index in [1.807, 2.05) is 71.9 Å². The summed E-state index contributed by atoms with van der Waals surface area (Å²) in [6.45, 7) is 15.9. The highest BCUT2D eigenvalue weighted by molar-refractivity contribution is 5.90. The second kappa shape index (κ2) is 20.8. The lowest BCUT2D eigenvalue weighted by atomic mass is 9.89. The SMILES string of the molecule is CC[C@H](C)[C@@H](C(CC(=O)N1CCCC1[C@H](OC)[C@@H](C)C(=O)N[C@H](C)[C@@H](O)c1ccccc1)OC)N(C)C(=O)[C@@H](NC(=O)C(NC)C(C)C)C(C)C. The number of aliphatic hydroxyl groups is 1. The zero-order chi connectivity index (χ0) is 38.6. The molecular formula is C39H67N5O7. The Labute approximate surface area is 306 Å². The minimum atomic E-state index is -0.875. The Morgan fingerprint density at radius 1 is 0.922 bits per heavy atom. The van der Waals surface area contributed by atoms with Crippen LogP contribution in [-0.2, 0) is 28.7 Å². The zero-order valence-electron chi connectivity index (χ0n) is 33.1. The van der Waals surface area contributed by atoms with E-state index in [1.165, 1.54) is 0 Å². The van der Waals surface area contributed by atoms with Crippen molar-refractivity contribution in [1.82, 2.24) is 25.8 Å². The van der Waals surface area contributed by atoms with E-state index in [4.69, 9.17) is 9.47 Å². The van der Waals surface area contributed by atoms with Crippen molar-refractivity contribution < 1.29 is 33.8 Å². The predicted octanol–water partition coefficient (Wildman–Crippen LogP) is 3.53. The van der Waals surface area contributed by atoms with Crippen LogP contribution in [0.3, 0.4) is 0 Å². The van der Waals surface area contributed by atoms with Crippen LogP contribution in [0.1, 0.15) is 92.7 Å². The number of rotatable bonds is 20. The van der Waals surface area contributed by atoms with Crippen LogP contribution in [-0.4, -0.2) is 116 Å². The van der Waals surface area contributed by atoms with Crippen LogP contribution in [0.2, 0.25) is 0 Å². The minimum absolute atomic E-state index is 0.0148. The smallest absolute Gasteiger partial charge is 0.245 e. The lowest BCUT2D eigenvalue weighted by Crippen LogP contribution is -2.59. The average Bonchev–Trinajstić information content (AvgIpc) is 3.59. The molecule has 0 radical (unpaired) electrons. The number of hydrogen-bond donors (Lipinski definition) is 4. The maximum atomic E-state index is 14.1. The Hall–Kier alpha value is -3.06. The summed E-state index contributed by atoms with van der Waals surface area (Å²) in [7, 11) is 6.57. The molecule has 1 aromatic carbocycles. The van der Waals surface area contributed by atoms with Gasteiger partial charge in [0, 0.05) is 27.8 Å². The van der Waals surface area contributed by atoms with E-state index in [-0.39, 0.29) is 53.8 Å². The fourth-order valence-electron chi connectivity index (χ4n) is 7.42. The summed E-state index contributed by atoms with van der Waals surface area (Å²) in [5.74, 6) is -1.62. The maximum absolute atomic E-state index is 14.1. The number of nitrogens with zero attached hydrogens (tertiary/aromatic N) is 2. The molecule has 0 bridgehead atoms. The number of nitrogens with one attached hydrogen (secondary N) is 3. The van der Waals surface area contributed by atoms with Crippen molar-refractivity contribution in [2.75, 3.05) is 34.9 Å². The van der Waals surface area contributed by atoms with Crippen molar-refractivity contribution in [3.63, 3.8) is 0 Å². The number of carbonyl (C=O) groups is 4. The molecular weight excluding hydrogens is 650 g/mol. The Morgan fingerprint density at radius 2 is 1.53 bits per heavy atom. The van der Waals surface area contributed by atoms with E-state index in [0.717, 1.165) is 12.8 Å². The van der Waals surface area contributed by atoms with Gasteiger partial charge in [0.25, 0.3) is 0 Å². The largest absolute Gasteiger partial charge is 0.386 e. The van der Waals surface area contributed by atoms with Crippen molar-refractivity contribution >= 4 is 23.6 Å². The zero-order valence-corrected chi connectivity index (χ0v) is 33.1. The molecule has 1 aromatic rings. The first-order chi connectivity index (χ1) is 24.0. The molecule has 12 heteroatoms. The van der Waals surface area contributed by atoms with Gasteiger partial charge in [-0.15, -0.1) is 0 Å². The maximum Gasteiger partial charge on any atom is 0.245 e. The highest BCUT2D eigenvalue weighted by Crippen LogP contribution is 2.30. The van der Waals surface area contributed by atoms with Crippen LogP contribution in [0.4, 0.5) is 0 Å². The average molecular weight is 718 g/mol. The van der Waals surface area contributed by atoms with E-state index in [9.17, 15) is 24.3 Å². The van der Waals surface area contributed by atoms with Crippen LogP contribution in [0, 0.1) is 23.7 Å². The van der Waals surface area contributed by atoms with E-state index >= 15 is 0 Å². The molecule has 0 spiro atoms. The fourth-order valence-corrected chi connectivity index (χ4v) is 7.42. The van der Waals surface area contributed by atoms with Crippen molar-refractivity contribution in [3.05, 3.63) is 35.9 Å². The molecule has 290 valence electrons. The van der Waals surface area contributed by atoms with E-state index in [0.29, 0.717) is 18.5 Å². The minimum Gasteiger partial charge on any atom is -0.386 e. The molecule has 12 nitrogen and oxygen atoms in total. The highest BCUT2D eigenvalue weighted by Gasteiger charge is 2.43. The second-order valence-electron chi connectivity index (χ2n) is 15.0. The van der Waals surface area contributed by atoms with E-state index in [1.54, 1.807) is 52.0 Å². The van der Waals surface area contributed by atoms with Crippen LogP contribution < -0.4 is 16.0 Å². The number of aliphatic hydroxyl groups excluding tert-OH is 1. The van der Waals surface area contributed by atoms with Crippen molar-refractivity contribution in [1.29, 1.82) is 0 Å². The van der Waals surface area contributed by atoms with Gasteiger partial charge in [-0.2, -0.15) is 0 Å².